The second kappa shape index (κ2) is 5.80. The summed E-state index contributed by atoms with van der Waals surface area (Å²) in [6.45, 7) is 2.51. The SMILES string of the molecule is NC(=O)C(c1cccc(C(F)(F)F)c1)N1CCNCC1. The van der Waals surface area contributed by atoms with Crippen molar-refractivity contribution < 1.29 is 18.0 Å². The van der Waals surface area contributed by atoms with E-state index in [0.717, 1.165) is 12.1 Å². The lowest BCUT2D eigenvalue weighted by atomic mass is 10.0. The zero-order valence-electron chi connectivity index (χ0n) is 10.8. The average molecular weight is 287 g/mol. The number of piperazine rings is 1. The van der Waals surface area contributed by atoms with E-state index < -0.39 is 23.7 Å². The Balaban J connectivity index is 2.32. The van der Waals surface area contributed by atoms with Crippen LogP contribution in [0, 0.1) is 0 Å². The van der Waals surface area contributed by atoms with E-state index in [4.69, 9.17) is 5.73 Å². The van der Waals surface area contributed by atoms with Gasteiger partial charge in [0.25, 0.3) is 0 Å². The number of benzene rings is 1. The molecule has 1 aliphatic heterocycles. The molecule has 0 bridgehead atoms. The summed E-state index contributed by atoms with van der Waals surface area (Å²) in [6.07, 6.45) is -4.43. The summed E-state index contributed by atoms with van der Waals surface area (Å²) in [6, 6.07) is 3.97. The monoisotopic (exact) mass is 287 g/mol. The molecular formula is C13H16F3N3O. The molecule has 1 aromatic carbocycles. The maximum absolute atomic E-state index is 12.7. The van der Waals surface area contributed by atoms with Crippen molar-refractivity contribution in [3.05, 3.63) is 35.4 Å². The van der Waals surface area contributed by atoms with Crippen LogP contribution in [0.3, 0.4) is 0 Å². The van der Waals surface area contributed by atoms with E-state index in [1.54, 1.807) is 4.90 Å². The maximum atomic E-state index is 12.7. The van der Waals surface area contributed by atoms with Crippen LogP contribution in [-0.2, 0) is 11.0 Å². The zero-order valence-corrected chi connectivity index (χ0v) is 10.8. The molecule has 0 saturated carbocycles. The maximum Gasteiger partial charge on any atom is 0.416 e. The third-order valence-corrected chi connectivity index (χ3v) is 3.32. The quantitative estimate of drug-likeness (QED) is 0.876. The van der Waals surface area contributed by atoms with Crippen molar-refractivity contribution in [1.29, 1.82) is 0 Å². The van der Waals surface area contributed by atoms with E-state index in [9.17, 15) is 18.0 Å². The molecule has 4 nitrogen and oxygen atoms in total. The molecule has 0 spiro atoms. The van der Waals surface area contributed by atoms with Gasteiger partial charge in [0.2, 0.25) is 5.91 Å². The molecule has 1 saturated heterocycles. The predicted octanol–water partition coefficient (Wildman–Crippen LogP) is 1.14. The zero-order chi connectivity index (χ0) is 14.8. The lowest BCUT2D eigenvalue weighted by Crippen LogP contribution is -2.48. The van der Waals surface area contributed by atoms with Gasteiger partial charge in [-0.05, 0) is 17.7 Å². The third-order valence-electron chi connectivity index (χ3n) is 3.32. The molecule has 1 heterocycles. The topological polar surface area (TPSA) is 58.4 Å². The van der Waals surface area contributed by atoms with Gasteiger partial charge in [-0.25, -0.2) is 0 Å². The van der Waals surface area contributed by atoms with Crippen LogP contribution in [0.25, 0.3) is 0 Å². The Hall–Kier alpha value is -1.60. The Labute approximate surface area is 114 Å². The van der Waals surface area contributed by atoms with Gasteiger partial charge in [0.1, 0.15) is 6.04 Å². The summed E-state index contributed by atoms with van der Waals surface area (Å²) in [4.78, 5) is 13.4. The molecule has 1 aliphatic rings. The Morgan fingerprint density at radius 1 is 1.30 bits per heavy atom. The molecule has 3 N–H and O–H groups in total. The Morgan fingerprint density at radius 2 is 1.95 bits per heavy atom. The van der Waals surface area contributed by atoms with Gasteiger partial charge in [0.15, 0.2) is 0 Å². The summed E-state index contributed by atoms with van der Waals surface area (Å²) < 4.78 is 38.2. The molecule has 0 radical (unpaired) electrons. The number of rotatable bonds is 3. The van der Waals surface area contributed by atoms with Gasteiger partial charge in [-0.3, -0.25) is 9.69 Å². The first kappa shape index (κ1) is 14.8. The van der Waals surface area contributed by atoms with Crippen LogP contribution in [-0.4, -0.2) is 37.0 Å². The van der Waals surface area contributed by atoms with E-state index in [-0.39, 0.29) is 5.56 Å². The van der Waals surface area contributed by atoms with Gasteiger partial charge >= 0.3 is 6.18 Å². The number of carbonyl (C=O) groups excluding carboxylic acids is 1. The van der Waals surface area contributed by atoms with Gasteiger partial charge in [0.05, 0.1) is 5.56 Å². The van der Waals surface area contributed by atoms with Gasteiger partial charge < -0.3 is 11.1 Å². The third kappa shape index (κ3) is 3.29. The summed E-state index contributed by atoms with van der Waals surface area (Å²) in [7, 11) is 0. The standard InChI is InChI=1S/C13H16F3N3O/c14-13(15,16)10-3-1-2-9(8-10)11(12(17)20)19-6-4-18-5-7-19/h1-3,8,11,18H,4-7H2,(H2,17,20). The van der Waals surface area contributed by atoms with E-state index in [1.807, 2.05) is 0 Å². The van der Waals surface area contributed by atoms with E-state index in [0.29, 0.717) is 26.2 Å². The van der Waals surface area contributed by atoms with Crippen molar-refractivity contribution in [3.8, 4) is 0 Å². The molecule has 2 rings (SSSR count). The number of nitrogens with zero attached hydrogens (tertiary/aromatic N) is 1. The number of hydrogen-bond donors (Lipinski definition) is 2. The van der Waals surface area contributed by atoms with Gasteiger partial charge in [0, 0.05) is 26.2 Å². The molecule has 1 amide bonds. The number of amides is 1. The fourth-order valence-electron chi connectivity index (χ4n) is 2.38. The fourth-order valence-corrected chi connectivity index (χ4v) is 2.38. The number of hydrogen-bond acceptors (Lipinski definition) is 3. The highest BCUT2D eigenvalue weighted by Gasteiger charge is 2.33. The van der Waals surface area contributed by atoms with Crippen LogP contribution in [0.15, 0.2) is 24.3 Å². The highest BCUT2D eigenvalue weighted by Crippen LogP contribution is 2.32. The minimum atomic E-state index is -4.43. The number of primary amides is 1. The van der Waals surface area contributed by atoms with E-state index >= 15 is 0 Å². The molecule has 20 heavy (non-hydrogen) atoms. The first-order chi connectivity index (χ1) is 9.39. The number of alkyl halides is 3. The molecule has 0 aromatic heterocycles. The Morgan fingerprint density at radius 3 is 2.50 bits per heavy atom. The van der Waals surface area contributed by atoms with E-state index in [1.165, 1.54) is 12.1 Å². The van der Waals surface area contributed by atoms with Crippen molar-refractivity contribution in [2.75, 3.05) is 26.2 Å². The van der Waals surface area contributed by atoms with Gasteiger partial charge in [-0.1, -0.05) is 12.1 Å². The van der Waals surface area contributed by atoms with Crippen molar-refractivity contribution in [2.24, 2.45) is 5.73 Å². The average Bonchev–Trinajstić information content (AvgIpc) is 2.39. The summed E-state index contributed by atoms with van der Waals surface area (Å²) in [5, 5.41) is 3.12. The number of halogens is 3. The number of nitrogens with one attached hydrogen (secondary N) is 1. The minimum Gasteiger partial charge on any atom is -0.368 e. The van der Waals surface area contributed by atoms with Crippen LogP contribution in [0.2, 0.25) is 0 Å². The normalized spacial score (nSPS) is 18.8. The molecule has 1 aromatic rings. The van der Waals surface area contributed by atoms with Gasteiger partial charge in [-0.2, -0.15) is 13.2 Å². The van der Waals surface area contributed by atoms with Gasteiger partial charge in [-0.15, -0.1) is 0 Å². The lowest BCUT2D eigenvalue weighted by molar-refractivity contribution is -0.137. The summed E-state index contributed by atoms with van der Waals surface area (Å²) in [5.74, 6) is -0.633. The number of carbonyl (C=O) groups is 1. The predicted molar refractivity (Wildman–Crippen MR) is 67.8 cm³/mol. The Bertz CT molecular complexity index is 484. The van der Waals surface area contributed by atoms with Crippen LogP contribution in [0.4, 0.5) is 13.2 Å². The fraction of sp³-hybridized carbons (Fsp3) is 0.462. The highest BCUT2D eigenvalue weighted by molar-refractivity contribution is 5.81. The second-order valence-corrected chi connectivity index (χ2v) is 4.71. The highest BCUT2D eigenvalue weighted by atomic mass is 19.4. The molecule has 0 aliphatic carbocycles. The van der Waals surface area contributed by atoms with Crippen molar-refractivity contribution in [2.45, 2.75) is 12.2 Å². The van der Waals surface area contributed by atoms with Crippen molar-refractivity contribution >= 4 is 5.91 Å². The van der Waals surface area contributed by atoms with E-state index in [2.05, 4.69) is 5.32 Å². The smallest absolute Gasteiger partial charge is 0.368 e. The minimum absolute atomic E-state index is 0.286. The lowest BCUT2D eigenvalue weighted by Gasteiger charge is -2.33. The van der Waals surface area contributed by atoms with Crippen LogP contribution in [0.5, 0.6) is 0 Å². The van der Waals surface area contributed by atoms with Crippen LogP contribution in [0.1, 0.15) is 17.2 Å². The Kier molecular flexibility index (Phi) is 4.29. The second-order valence-electron chi connectivity index (χ2n) is 4.71. The molecular weight excluding hydrogens is 271 g/mol. The first-order valence-electron chi connectivity index (χ1n) is 6.31. The molecule has 1 fully saturated rings. The van der Waals surface area contributed by atoms with Crippen molar-refractivity contribution in [3.63, 3.8) is 0 Å². The summed E-state index contributed by atoms with van der Waals surface area (Å²) in [5.41, 5.74) is 4.90. The van der Waals surface area contributed by atoms with Crippen LogP contribution < -0.4 is 11.1 Å². The largest absolute Gasteiger partial charge is 0.416 e. The molecule has 1 unspecified atom stereocenters. The molecule has 1 atom stereocenters. The number of nitrogens with two attached hydrogens (primary N) is 1. The molecule has 110 valence electrons. The molecule has 7 heteroatoms. The first-order valence-corrected chi connectivity index (χ1v) is 6.31. The summed E-state index contributed by atoms with van der Waals surface area (Å²) >= 11 is 0. The van der Waals surface area contributed by atoms with Crippen LogP contribution >= 0.6 is 0 Å². The van der Waals surface area contributed by atoms with Crippen molar-refractivity contribution in [1.82, 2.24) is 10.2 Å².